The van der Waals surface area contributed by atoms with Gasteiger partial charge in [-0.25, -0.2) is 14.4 Å². The van der Waals surface area contributed by atoms with Crippen molar-refractivity contribution in [3.8, 4) is 0 Å². The number of unbranched alkanes of at least 4 members (excludes halogenated alkanes) is 4. The van der Waals surface area contributed by atoms with Crippen molar-refractivity contribution in [1.29, 1.82) is 0 Å². The fraction of sp³-hybridized carbons (Fsp3) is 0.722. The molecule has 0 bridgehead atoms. The molecule has 0 saturated carbocycles. The van der Waals surface area contributed by atoms with Crippen LogP contribution in [-0.4, -0.2) is 63.9 Å². The monoisotopic (exact) mass is 418 g/mol. The number of amides is 2. The molecule has 0 rings (SSSR count). The maximum atomic E-state index is 11.8. The van der Waals surface area contributed by atoms with Gasteiger partial charge in [0, 0.05) is 12.8 Å². The van der Waals surface area contributed by atoms with Crippen molar-refractivity contribution in [1.82, 2.24) is 10.6 Å². The molecule has 5 N–H and O–H groups in total. The van der Waals surface area contributed by atoms with Gasteiger partial charge in [0.2, 0.25) is 0 Å². The van der Waals surface area contributed by atoms with E-state index in [9.17, 15) is 24.0 Å². The Kier molecular flexibility index (Phi) is 13.6. The standard InChI is InChI=1S/C18H30N2O9/c1-2-3-4-5-6-11-29-15(23)10-8-13(17(26)27)20-18(28)19-12(16(24)25)7-9-14(21)22/h12-13H,2-11H2,1H3,(H,21,22)(H,24,25)(H,26,27)(H2,19,20,28)/t12-,13-/m0/s1. The van der Waals surface area contributed by atoms with E-state index in [0.717, 1.165) is 32.1 Å². The summed E-state index contributed by atoms with van der Waals surface area (Å²) in [6.45, 7) is 2.34. The molecule has 2 atom stereocenters. The van der Waals surface area contributed by atoms with Gasteiger partial charge in [-0.1, -0.05) is 32.6 Å². The second-order valence-electron chi connectivity index (χ2n) is 6.51. The van der Waals surface area contributed by atoms with E-state index in [2.05, 4.69) is 12.2 Å². The van der Waals surface area contributed by atoms with Gasteiger partial charge in [-0.15, -0.1) is 0 Å². The molecule has 0 aromatic heterocycles. The molecule has 2 amide bonds. The molecule has 166 valence electrons. The Morgan fingerprint density at radius 2 is 1.31 bits per heavy atom. The number of carbonyl (C=O) groups is 5. The predicted molar refractivity (Wildman–Crippen MR) is 100 cm³/mol. The third-order valence-corrected chi connectivity index (χ3v) is 4.00. The van der Waals surface area contributed by atoms with Gasteiger partial charge in [-0.2, -0.15) is 0 Å². The van der Waals surface area contributed by atoms with Crippen molar-refractivity contribution in [2.75, 3.05) is 6.61 Å². The van der Waals surface area contributed by atoms with E-state index in [1.54, 1.807) is 0 Å². The summed E-state index contributed by atoms with van der Waals surface area (Å²) in [5, 5.41) is 30.8. The Balaban J connectivity index is 4.36. The second kappa shape index (κ2) is 15.1. The number of carboxylic acids is 3. The van der Waals surface area contributed by atoms with Crippen LogP contribution in [0.1, 0.15) is 64.7 Å². The highest BCUT2D eigenvalue weighted by Crippen LogP contribution is 2.05. The van der Waals surface area contributed by atoms with Crippen LogP contribution in [-0.2, 0) is 23.9 Å². The highest BCUT2D eigenvalue weighted by Gasteiger charge is 2.25. The van der Waals surface area contributed by atoms with E-state index in [1.807, 2.05) is 5.32 Å². The van der Waals surface area contributed by atoms with Gasteiger partial charge in [0.15, 0.2) is 0 Å². The van der Waals surface area contributed by atoms with Crippen LogP contribution >= 0.6 is 0 Å². The molecule has 0 aromatic rings. The first kappa shape index (κ1) is 26.1. The quantitative estimate of drug-likeness (QED) is 0.183. The summed E-state index contributed by atoms with van der Waals surface area (Å²) >= 11 is 0. The smallest absolute Gasteiger partial charge is 0.326 e. The summed E-state index contributed by atoms with van der Waals surface area (Å²) in [5.74, 6) is -4.66. The summed E-state index contributed by atoms with van der Waals surface area (Å²) in [6, 6.07) is -4.00. The zero-order chi connectivity index (χ0) is 22.2. The number of urea groups is 1. The molecule has 0 fully saturated rings. The van der Waals surface area contributed by atoms with E-state index in [0.29, 0.717) is 0 Å². The molecule has 0 aliphatic rings. The van der Waals surface area contributed by atoms with Gasteiger partial charge in [0.25, 0.3) is 0 Å². The number of nitrogens with one attached hydrogen (secondary N) is 2. The molecule has 0 spiro atoms. The molecule has 0 radical (unpaired) electrons. The number of hydrogen-bond acceptors (Lipinski definition) is 6. The summed E-state index contributed by atoms with van der Waals surface area (Å²) < 4.78 is 5.01. The van der Waals surface area contributed by atoms with E-state index in [1.165, 1.54) is 0 Å². The molecule has 29 heavy (non-hydrogen) atoms. The third kappa shape index (κ3) is 13.9. The molecule has 0 unspecified atom stereocenters. The predicted octanol–water partition coefficient (Wildman–Crippen LogP) is 1.35. The van der Waals surface area contributed by atoms with E-state index >= 15 is 0 Å². The number of carboxylic acid groups (broad SMARTS) is 3. The molecule has 0 heterocycles. The number of esters is 1. The molecule has 0 aromatic carbocycles. The zero-order valence-electron chi connectivity index (χ0n) is 16.5. The highest BCUT2D eigenvalue weighted by molar-refractivity contribution is 5.86. The normalized spacial score (nSPS) is 12.4. The lowest BCUT2D eigenvalue weighted by atomic mass is 10.1. The first-order valence-corrected chi connectivity index (χ1v) is 9.57. The van der Waals surface area contributed by atoms with Gasteiger partial charge >= 0.3 is 29.9 Å². The largest absolute Gasteiger partial charge is 0.481 e. The van der Waals surface area contributed by atoms with E-state index in [4.69, 9.17) is 20.1 Å². The SMILES string of the molecule is CCCCCCCOC(=O)CC[C@H](NC(=O)N[C@@H](CCC(=O)O)C(=O)O)C(=O)O. The van der Waals surface area contributed by atoms with Crippen molar-refractivity contribution in [3.63, 3.8) is 0 Å². The minimum Gasteiger partial charge on any atom is -0.481 e. The van der Waals surface area contributed by atoms with Crippen molar-refractivity contribution in [2.45, 2.75) is 76.8 Å². The molecular weight excluding hydrogens is 388 g/mol. The summed E-state index contributed by atoms with van der Waals surface area (Å²) in [7, 11) is 0. The van der Waals surface area contributed by atoms with Gasteiger partial charge in [-0.05, 0) is 19.3 Å². The zero-order valence-corrected chi connectivity index (χ0v) is 16.5. The Labute approximate surface area is 168 Å². The second-order valence-corrected chi connectivity index (χ2v) is 6.51. The van der Waals surface area contributed by atoms with Crippen LogP contribution in [0.2, 0.25) is 0 Å². The lowest BCUT2D eigenvalue weighted by molar-refractivity contribution is -0.145. The highest BCUT2D eigenvalue weighted by atomic mass is 16.5. The molecule has 0 aliphatic carbocycles. The minimum absolute atomic E-state index is 0.229. The van der Waals surface area contributed by atoms with Gasteiger partial charge < -0.3 is 30.7 Å². The van der Waals surface area contributed by atoms with Crippen LogP contribution in [0, 0.1) is 0 Å². The number of hydrogen-bond donors (Lipinski definition) is 5. The Morgan fingerprint density at radius 1 is 0.793 bits per heavy atom. The Bertz CT molecular complexity index is 566. The Morgan fingerprint density at radius 3 is 1.79 bits per heavy atom. The lowest BCUT2D eigenvalue weighted by Gasteiger charge is -2.18. The minimum atomic E-state index is -1.49. The van der Waals surface area contributed by atoms with Crippen LogP contribution < -0.4 is 10.6 Å². The lowest BCUT2D eigenvalue weighted by Crippen LogP contribution is -2.51. The number of ether oxygens (including phenoxy) is 1. The van der Waals surface area contributed by atoms with Crippen LogP contribution in [0.5, 0.6) is 0 Å². The molecular formula is C18H30N2O9. The summed E-state index contributed by atoms with van der Waals surface area (Å²) in [5.41, 5.74) is 0. The van der Waals surface area contributed by atoms with Crippen molar-refractivity contribution in [2.24, 2.45) is 0 Å². The van der Waals surface area contributed by atoms with Crippen LogP contribution in [0.3, 0.4) is 0 Å². The topological polar surface area (TPSA) is 179 Å². The van der Waals surface area contributed by atoms with Crippen molar-refractivity contribution < 1.29 is 44.0 Å². The van der Waals surface area contributed by atoms with E-state index < -0.39 is 48.4 Å². The van der Waals surface area contributed by atoms with Crippen molar-refractivity contribution in [3.05, 3.63) is 0 Å². The fourth-order valence-corrected chi connectivity index (χ4v) is 2.37. The number of aliphatic carboxylic acids is 3. The van der Waals surface area contributed by atoms with Crippen LogP contribution in [0.15, 0.2) is 0 Å². The summed E-state index contributed by atoms with van der Waals surface area (Å²) in [4.78, 5) is 56.4. The van der Waals surface area contributed by atoms with Gasteiger partial charge in [-0.3, -0.25) is 9.59 Å². The molecule has 11 heteroatoms. The molecule has 11 nitrogen and oxygen atoms in total. The van der Waals surface area contributed by atoms with E-state index in [-0.39, 0.29) is 25.9 Å². The number of carbonyl (C=O) groups excluding carboxylic acids is 2. The third-order valence-electron chi connectivity index (χ3n) is 4.00. The number of rotatable bonds is 16. The van der Waals surface area contributed by atoms with Crippen molar-refractivity contribution >= 4 is 29.9 Å². The van der Waals surface area contributed by atoms with Gasteiger partial charge in [0.05, 0.1) is 6.61 Å². The Hall–Kier alpha value is -2.85. The fourth-order valence-electron chi connectivity index (χ4n) is 2.37. The maximum absolute atomic E-state index is 11.8. The average molecular weight is 418 g/mol. The van der Waals surface area contributed by atoms with Crippen LogP contribution in [0.25, 0.3) is 0 Å². The molecule has 0 aliphatic heterocycles. The first-order chi connectivity index (χ1) is 13.7. The first-order valence-electron chi connectivity index (χ1n) is 9.57. The van der Waals surface area contributed by atoms with Gasteiger partial charge in [0.1, 0.15) is 12.1 Å². The van der Waals surface area contributed by atoms with Crippen LogP contribution in [0.4, 0.5) is 4.79 Å². The summed E-state index contributed by atoms with van der Waals surface area (Å²) in [6.07, 6.45) is 3.62. The maximum Gasteiger partial charge on any atom is 0.326 e. The molecule has 0 saturated heterocycles. The average Bonchev–Trinajstić information content (AvgIpc) is 2.64.